The lowest BCUT2D eigenvalue weighted by atomic mass is 9.92. The van der Waals surface area contributed by atoms with Crippen molar-refractivity contribution < 1.29 is 43.9 Å². The number of carbonyl (C=O) groups is 1. The molecular formula is C24H26ClF7N2O3S. The molecule has 0 aliphatic heterocycles. The highest BCUT2D eigenvalue weighted by Crippen LogP contribution is 2.53. The van der Waals surface area contributed by atoms with Crippen molar-refractivity contribution in [3.8, 4) is 0 Å². The summed E-state index contributed by atoms with van der Waals surface area (Å²) < 4.78 is 118. The molecule has 1 unspecified atom stereocenters. The van der Waals surface area contributed by atoms with Gasteiger partial charge in [0, 0.05) is 46.2 Å². The molecule has 14 heteroatoms. The van der Waals surface area contributed by atoms with Crippen molar-refractivity contribution >= 4 is 33.4 Å². The number of halogens is 8. The van der Waals surface area contributed by atoms with E-state index in [1.165, 1.54) is 37.1 Å². The Balaban J connectivity index is 2.72. The van der Waals surface area contributed by atoms with E-state index in [1.807, 2.05) is 0 Å². The third kappa shape index (κ3) is 6.60. The number of aldehydes is 1. The first-order valence-corrected chi connectivity index (χ1v) is 13.3. The van der Waals surface area contributed by atoms with Gasteiger partial charge in [0.15, 0.2) is 6.29 Å². The van der Waals surface area contributed by atoms with Gasteiger partial charge in [-0.3, -0.25) is 10.1 Å². The number of anilines is 1. The van der Waals surface area contributed by atoms with Crippen LogP contribution in [0.4, 0.5) is 36.4 Å². The summed E-state index contributed by atoms with van der Waals surface area (Å²) in [6.07, 6.45) is -12.1. The average molecular weight is 591 g/mol. The third-order valence-corrected chi connectivity index (χ3v) is 7.36. The highest BCUT2D eigenvalue weighted by atomic mass is 35.5. The zero-order valence-electron chi connectivity index (χ0n) is 20.9. The molecule has 0 spiro atoms. The second-order valence-corrected chi connectivity index (χ2v) is 12.2. The number of sulfone groups is 1. The van der Waals surface area contributed by atoms with E-state index in [4.69, 9.17) is 11.6 Å². The molecule has 2 aromatic carbocycles. The van der Waals surface area contributed by atoms with Crippen molar-refractivity contribution in [1.29, 1.82) is 0 Å². The molecule has 0 aliphatic rings. The van der Waals surface area contributed by atoms with E-state index in [9.17, 15) is 43.9 Å². The Hall–Kier alpha value is -2.38. The maximum absolute atomic E-state index is 14.6. The molecule has 2 aromatic rings. The second-order valence-electron chi connectivity index (χ2n) is 9.63. The van der Waals surface area contributed by atoms with Crippen LogP contribution in [0.1, 0.15) is 47.1 Å². The predicted molar refractivity (Wildman–Crippen MR) is 131 cm³/mol. The van der Waals surface area contributed by atoms with Crippen molar-refractivity contribution in [1.82, 2.24) is 5.32 Å². The minimum absolute atomic E-state index is 0.0601. The van der Waals surface area contributed by atoms with Crippen LogP contribution in [-0.4, -0.2) is 51.7 Å². The molecule has 38 heavy (non-hydrogen) atoms. The topological polar surface area (TPSA) is 66.5 Å². The first-order chi connectivity index (χ1) is 17.1. The molecule has 1 N–H and O–H groups in total. The number of alkyl halides is 7. The Kier molecular flexibility index (Phi) is 8.92. The minimum atomic E-state index is -6.28. The Morgan fingerprint density at radius 2 is 1.58 bits per heavy atom. The average Bonchev–Trinajstić information content (AvgIpc) is 2.73. The number of rotatable bonds is 9. The molecule has 0 bridgehead atoms. The zero-order valence-corrected chi connectivity index (χ0v) is 22.5. The first-order valence-electron chi connectivity index (χ1n) is 10.9. The fourth-order valence-electron chi connectivity index (χ4n) is 4.27. The van der Waals surface area contributed by atoms with Crippen LogP contribution in [0.3, 0.4) is 0 Å². The van der Waals surface area contributed by atoms with Gasteiger partial charge in [-0.05, 0) is 38.5 Å². The van der Waals surface area contributed by atoms with Gasteiger partial charge in [-0.15, -0.1) is 0 Å². The fourth-order valence-corrected chi connectivity index (χ4v) is 5.95. The van der Waals surface area contributed by atoms with Crippen LogP contribution in [0, 0.1) is 6.92 Å². The Morgan fingerprint density at radius 1 is 1.03 bits per heavy atom. The summed E-state index contributed by atoms with van der Waals surface area (Å²) in [6, 6.07) is 6.08. The molecular weight excluding hydrogens is 565 g/mol. The van der Waals surface area contributed by atoms with Crippen molar-refractivity contribution in [3.05, 3.63) is 63.7 Å². The summed E-state index contributed by atoms with van der Waals surface area (Å²) in [7, 11) is -2.12. The number of aryl methyl sites for hydroxylation is 1. The highest BCUT2D eigenvalue weighted by Gasteiger charge is 2.73. The van der Waals surface area contributed by atoms with E-state index >= 15 is 0 Å². The largest absolute Gasteiger partial charge is 0.435 e. The molecule has 0 aromatic heterocycles. The number of hydrogen-bond acceptors (Lipinski definition) is 5. The molecule has 0 radical (unpaired) electrons. The van der Waals surface area contributed by atoms with Gasteiger partial charge in [0.1, 0.15) is 16.0 Å². The number of nitrogens with one attached hydrogen (secondary N) is 1. The summed E-state index contributed by atoms with van der Waals surface area (Å²) in [5, 5.41) is 3.15. The summed E-state index contributed by atoms with van der Waals surface area (Å²) in [6.45, 7) is 4.28. The zero-order chi connectivity index (χ0) is 29.5. The number of nitrogens with zero attached hydrogens (tertiary/aromatic N) is 1. The van der Waals surface area contributed by atoms with Gasteiger partial charge < -0.3 is 4.90 Å². The highest BCUT2D eigenvalue weighted by molar-refractivity contribution is 7.90. The molecule has 5 nitrogen and oxygen atoms in total. The molecule has 0 saturated carbocycles. The van der Waals surface area contributed by atoms with E-state index in [-0.39, 0.29) is 33.2 Å². The molecule has 212 valence electrons. The van der Waals surface area contributed by atoms with Gasteiger partial charge in [0.05, 0.1) is 5.75 Å². The monoisotopic (exact) mass is 590 g/mol. The lowest BCUT2D eigenvalue weighted by Crippen LogP contribution is -2.52. The lowest BCUT2D eigenvalue weighted by Gasteiger charge is -2.39. The van der Waals surface area contributed by atoms with Crippen LogP contribution in [0.5, 0.6) is 0 Å². The van der Waals surface area contributed by atoms with Crippen LogP contribution < -0.4 is 10.2 Å². The minimum Gasteiger partial charge on any atom is -0.355 e. The SMILES string of the molecule is Cc1cc(C(F)(C(F)(F)F)C(F)(F)F)ccc1N(C)C(NC(C)(C)CS(C)(=O)=O)c1c(Cl)cccc1C=O. The van der Waals surface area contributed by atoms with Crippen LogP contribution >= 0.6 is 11.6 Å². The van der Waals surface area contributed by atoms with Crippen molar-refractivity contribution in [2.75, 3.05) is 24.0 Å². The number of carbonyl (C=O) groups excluding carboxylic acids is 1. The van der Waals surface area contributed by atoms with Crippen molar-refractivity contribution in [2.24, 2.45) is 0 Å². The maximum atomic E-state index is 14.6. The van der Waals surface area contributed by atoms with Gasteiger partial charge in [-0.25, -0.2) is 12.8 Å². The molecule has 0 saturated heterocycles. The summed E-state index contributed by atoms with van der Waals surface area (Å²) in [5.74, 6) is -0.370. The van der Waals surface area contributed by atoms with Crippen molar-refractivity contribution in [3.63, 3.8) is 0 Å². The lowest BCUT2D eigenvalue weighted by molar-refractivity contribution is -0.348. The third-order valence-electron chi connectivity index (χ3n) is 5.78. The van der Waals surface area contributed by atoms with E-state index in [0.29, 0.717) is 18.4 Å². The number of hydrogen-bond donors (Lipinski definition) is 1. The molecule has 0 aliphatic carbocycles. The second kappa shape index (κ2) is 10.6. The summed E-state index contributed by atoms with van der Waals surface area (Å²) >= 11 is 6.38. The normalized spacial score (nSPS) is 14.3. The predicted octanol–water partition coefficient (Wildman–Crippen LogP) is 6.30. The fraction of sp³-hybridized carbons (Fsp3) is 0.458. The molecule has 0 heterocycles. The summed E-state index contributed by atoms with van der Waals surface area (Å²) in [5.41, 5.74) is -8.23. The standard InChI is InChI=1S/C24H26ClF7N2O3S/c1-14-11-16(22(26,23(27,28)29)24(30,31)32)9-10-18(14)34(4)20(33-21(2,3)13-38(5,36)37)19-15(12-35)7-6-8-17(19)25/h6-12,20,33H,13H2,1-5H3. The Labute approximate surface area is 220 Å². The van der Waals surface area contributed by atoms with E-state index in [0.717, 1.165) is 12.3 Å². The molecule has 2 rings (SSSR count). The Morgan fingerprint density at radius 3 is 2.03 bits per heavy atom. The van der Waals surface area contributed by atoms with Gasteiger partial charge in [0.25, 0.3) is 0 Å². The van der Waals surface area contributed by atoms with Crippen LogP contribution in [-0.2, 0) is 15.5 Å². The van der Waals surface area contributed by atoms with Gasteiger partial charge in [-0.2, -0.15) is 26.3 Å². The van der Waals surface area contributed by atoms with Gasteiger partial charge in [-0.1, -0.05) is 35.9 Å². The van der Waals surface area contributed by atoms with Gasteiger partial charge in [0.2, 0.25) is 0 Å². The van der Waals surface area contributed by atoms with Crippen LogP contribution in [0.15, 0.2) is 36.4 Å². The van der Waals surface area contributed by atoms with E-state index < -0.39 is 45.1 Å². The van der Waals surface area contributed by atoms with Crippen LogP contribution in [0.25, 0.3) is 0 Å². The molecule has 0 fully saturated rings. The Bertz CT molecular complexity index is 1280. The van der Waals surface area contributed by atoms with Gasteiger partial charge >= 0.3 is 18.0 Å². The molecule has 1 atom stereocenters. The van der Waals surface area contributed by atoms with Crippen molar-refractivity contribution in [2.45, 2.75) is 50.5 Å². The van der Waals surface area contributed by atoms with E-state index in [2.05, 4.69) is 5.32 Å². The van der Waals surface area contributed by atoms with E-state index in [1.54, 1.807) is 13.8 Å². The maximum Gasteiger partial charge on any atom is 0.435 e. The number of benzene rings is 2. The quantitative estimate of drug-likeness (QED) is 0.211. The molecule has 0 amide bonds. The summed E-state index contributed by atoms with van der Waals surface area (Å²) in [4.78, 5) is 13.2. The first kappa shape index (κ1) is 31.8. The smallest absolute Gasteiger partial charge is 0.355 e. The van der Waals surface area contributed by atoms with Crippen LogP contribution in [0.2, 0.25) is 5.02 Å².